The Labute approximate surface area is 36.6 Å². The summed E-state index contributed by atoms with van der Waals surface area (Å²) in [5.41, 5.74) is 0.287. The second-order valence-electron chi connectivity index (χ2n) is 1.07. The van der Waals surface area contributed by atoms with Crippen molar-refractivity contribution in [3.05, 3.63) is 6.20 Å². The fraction of sp³-hybridized carbons (Fsp3) is 0. The molecule has 0 saturated carbocycles. The molecular formula is C2H3B2NO. The van der Waals surface area contributed by atoms with Gasteiger partial charge < -0.3 is 0 Å². The molecule has 0 fully saturated rings. The predicted octanol–water partition coefficient (Wildman–Crippen LogP) is -0.604. The van der Waals surface area contributed by atoms with Gasteiger partial charge in [0.15, 0.2) is 0 Å². The van der Waals surface area contributed by atoms with Crippen LogP contribution in [0.4, 0.5) is 0 Å². The van der Waals surface area contributed by atoms with Gasteiger partial charge >= 0.3 is 35.6 Å². The van der Waals surface area contributed by atoms with Gasteiger partial charge in [0.2, 0.25) is 0 Å². The molecule has 1 aromatic heterocycles. The molecule has 1 rings (SSSR count). The molecule has 1 heterocycles. The average Bonchev–Trinajstić information content (AvgIpc) is 1.86. The van der Waals surface area contributed by atoms with Crippen LogP contribution in [-0.4, -0.2) is 23.7 Å². The summed E-state index contributed by atoms with van der Waals surface area (Å²) in [5.74, 6) is 0. The van der Waals surface area contributed by atoms with E-state index in [0.29, 0.717) is 0 Å². The first-order valence-electron chi connectivity index (χ1n) is 1.71. The Balaban J connectivity index is 3.05. The third kappa shape index (κ3) is 0.506. The molecule has 0 aliphatic rings. The second kappa shape index (κ2) is 1.29. The van der Waals surface area contributed by atoms with Crippen molar-refractivity contribution in [3.8, 4) is 5.64 Å². The van der Waals surface area contributed by atoms with Crippen molar-refractivity contribution in [1.82, 2.24) is 4.89 Å². The Morgan fingerprint density at radius 2 is 2.67 bits per heavy atom. The molecule has 0 aliphatic heterocycles. The van der Waals surface area contributed by atoms with E-state index in [1.165, 1.54) is 6.20 Å². The molecule has 0 radical (unpaired) electrons. The van der Waals surface area contributed by atoms with Gasteiger partial charge in [-0.2, -0.15) is 0 Å². The number of rotatable bonds is 0. The summed E-state index contributed by atoms with van der Waals surface area (Å²) in [6.45, 7) is 3.25. The maximum absolute atomic E-state index is 8.44. The molecule has 0 bridgehead atoms. The van der Waals surface area contributed by atoms with E-state index in [0.717, 1.165) is 0 Å². The van der Waals surface area contributed by atoms with Crippen molar-refractivity contribution in [2.75, 3.05) is 0 Å². The van der Waals surface area contributed by atoms with Crippen molar-refractivity contribution >= 4 is 13.7 Å². The molecule has 28 valence electrons. The summed E-state index contributed by atoms with van der Waals surface area (Å²) < 4.78 is 0. The zero-order valence-corrected chi connectivity index (χ0v) is 3.18. The van der Waals surface area contributed by atoms with Gasteiger partial charge in [-0.05, 0) is 0 Å². The fourth-order valence-corrected chi connectivity index (χ4v) is 0.315. The predicted molar refractivity (Wildman–Crippen MR) is 25.2 cm³/mol. The third-order valence-corrected chi connectivity index (χ3v) is 0.582. The number of aromatic nitrogens is 1. The summed E-state index contributed by atoms with van der Waals surface area (Å²) in [6.07, 6.45) is 1.51. The molecule has 0 unspecified atom stereocenters. The summed E-state index contributed by atoms with van der Waals surface area (Å²) in [6, 6.07) is 0. The van der Waals surface area contributed by atoms with Crippen LogP contribution in [0.1, 0.15) is 0 Å². The summed E-state index contributed by atoms with van der Waals surface area (Å²) in [5, 5.41) is 8.44. The molecule has 2 N–H and O–H groups in total. The third-order valence-electron chi connectivity index (χ3n) is 0.582. The molecule has 1 aromatic rings. The van der Waals surface area contributed by atoms with Crippen molar-refractivity contribution in [2.45, 2.75) is 0 Å². The van der Waals surface area contributed by atoms with E-state index in [1.807, 2.05) is 0 Å². The van der Waals surface area contributed by atoms with E-state index in [4.69, 9.17) is 5.11 Å². The molecule has 0 saturated heterocycles. The van der Waals surface area contributed by atoms with E-state index in [2.05, 4.69) is 4.89 Å². The van der Waals surface area contributed by atoms with Gasteiger partial charge in [-0.25, -0.2) is 0 Å². The monoisotopic (exact) mass is 79.0 g/mol. The first-order valence-corrected chi connectivity index (χ1v) is 1.71. The second-order valence-corrected chi connectivity index (χ2v) is 1.07. The average molecular weight is 78.7 g/mol. The normalized spacial score (nSPS) is 7.33. The number of H-pyrrole nitrogens is 1. The maximum atomic E-state index is 8.44. The van der Waals surface area contributed by atoms with E-state index >= 15 is 0 Å². The van der Waals surface area contributed by atoms with Gasteiger partial charge in [0.05, 0.1) is 0 Å². The van der Waals surface area contributed by atoms with Crippen LogP contribution in [0.5, 0.6) is 5.64 Å². The number of aromatic amines is 1. The van der Waals surface area contributed by atoms with Gasteiger partial charge in [-0.3, -0.25) is 0 Å². The summed E-state index contributed by atoms with van der Waals surface area (Å²) in [4.78, 5) is 2.68. The van der Waals surface area contributed by atoms with Crippen molar-refractivity contribution < 1.29 is 5.11 Å². The van der Waals surface area contributed by atoms with E-state index < -0.39 is 0 Å². The van der Waals surface area contributed by atoms with Gasteiger partial charge in [-0.1, -0.05) is 0 Å². The van der Waals surface area contributed by atoms with Crippen molar-refractivity contribution in [3.63, 3.8) is 0 Å². The summed E-state index contributed by atoms with van der Waals surface area (Å²) in [7, 11) is 0. The van der Waals surface area contributed by atoms with Crippen LogP contribution < -0.4 is 0 Å². The number of nitrogens with one attached hydrogen (secondary N) is 1. The van der Waals surface area contributed by atoms with Crippen LogP contribution in [0.15, 0.2) is 6.20 Å². The SMILES string of the molecule is Oc1bb[nH]c1. The zero-order valence-electron chi connectivity index (χ0n) is 3.18. The molecule has 6 heavy (non-hydrogen) atoms. The number of hydrogen-bond donors (Lipinski definition) is 2. The van der Waals surface area contributed by atoms with Gasteiger partial charge in [0, 0.05) is 0 Å². The first-order chi connectivity index (χ1) is 2.89. The molecule has 0 aliphatic carbocycles. The van der Waals surface area contributed by atoms with Crippen LogP contribution in [0.25, 0.3) is 0 Å². The molecule has 0 atom stereocenters. The van der Waals surface area contributed by atoms with Crippen LogP contribution in [0.2, 0.25) is 0 Å². The molecule has 0 amide bonds. The standard InChI is InChI=1S/C2H3B2NO/c6-2-1-5-4-3-2/h1,5-6H. The van der Waals surface area contributed by atoms with E-state index in [-0.39, 0.29) is 5.64 Å². The zero-order chi connectivity index (χ0) is 4.41. The van der Waals surface area contributed by atoms with Crippen molar-refractivity contribution in [2.24, 2.45) is 0 Å². The number of hydrogen-bond acceptors (Lipinski definition) is 1. The van der Waals surface area contributed by atoms with Crippen LogP contribution in [0.3, 0.4) is 0 Å². The molecule has 4 heteroatoms. The Bertz CT molecular complexity index is 115. The van der Waals surface area contributed by atoms with Crippen LogP contribution >= 0.6 is 0 Å². The molecule has 0 aromatic carbocycles. The van der Waals surface area contributed by atoms with Crippen LogP contribution in [0, 0.1) is 0 Å². The summed E-state index contributed by atoms with van der Waals surface area (Å²) >= 11 is 0. The molecule has 0 spiro atoms. The Morgan fingerprint density at radius 1 is 1.83 bits per heavy atom. The minimum absolute atomic E-state index is 0.287. The molecular weight excluding hydrogens is 75.7 g/mol. The molecule has 2 nitrogen and oxygen atoms in total. The minimum atomic E-state index is 0.287. The van der Waals surface area contributed by atoms with E-state index in [9.17, 15) is 0 Å². The van der Waals surface area contributed by atoms with E-state index in [1.54, 1.807) is 13.7 Å². The fourth-order valence-electron chi connectivity index (χ4n) is 0.315. The number of aromatic hydroxyl groups is 1. The first kappa shape index (κ1) is 3.65. The van der Waals surface area contributed by atoms with Crippen LogP contribution in [-0.2, 0) is 0 Å². The topological polar surface area (TPSA) is 36.0 Å². The van der Waals surface area contributed by atoms with Gasteiger partial charge in [0.1, 0.15) is 0 Å². The van der Waals surface area contributed by atoms with Crippen molar-refractivity contribution in [1.29, 1.82) is 0 Å². The Hall–Kier alpha value is -0.530. The Kier molecular flexibility index (Phi) is 0.783. The van der Waals surface area contributed by atoms with Gasteiger partial charge in [-0.15, -0.1) is 0 Å². The van der Waals surface area contributed by atoms with Gasteiger partial charge in [0.25, 0.3) is 0 Å². The Morgan fingerprint density at radius 3 is 2.83 bits per heavy atom. The quantitative estimate of drug-likeness (QED) is 0.427.